The molecule has 0 spiro atoms. The van der Waals surface area contributed by atoms with Crippen LogP contribution in [-0.2, 0) is 9.59 Å². The number of Topliss-reactive ketones (excluding diaryl/α,β-unsaturated/α-hetero) is 1. The second kappa shape index (κ2) is 5.67. The first-order valence-electron chi connectivity index (χ1n) is 9.44. The van der Waals surface area contributed by atoms with Gasteiger partial charge in [0.1, 0.15) is 5.78 Å². The van der Waals surface area contributed by atoms with Crippen LogP contribution in [0.15, 0.2) is 11.6 Å². The first kappa shape index (κ1) is 16.8. The van der Waals surface area contributed by atoms with Crippen molar-refractivity contribution in [2.24, 2.45) is 28.6 Å². The van der Waals surface area contributed by atoms with E-state index in [0.29, 0.717) is 30.0 Å². The van der Waals surface area contributed by atoms with Gasteiger partial charge in [0.05, 0.1) is 6.10 Å². The van der Waals surface area contributed by atoms with Gasteiger partial charge in [-0.05, 0) is 62.4 Å². The predicted octanol–water partition coefficient (Wildman–Crippen LogP) is 3.67. The van der Waals surface area contributed by atoms with Crippen LogP contribution in [-0.4, -0.2) is 28.7 Å². The number of ketones is 2. The maximum atomic E-state index is 12.5. The molecule has 0 heterocycles. The summed E-state index contributed by atoms with van der Waals surface area (Å²) in [5.41, 5.74) is 0.659. The summed E-state index contributed by atoms with van der Waals surface area (Å²) in [7, 11) is 0. The molecule has 6 atom stereocenters. The van der Waals surface area contributed by atoms with Gasteiger partial charge in [0.2, 0.25) is 0 Å². The molecule has 4 rings (SSSR count). The minimum Gasteiger partial charge on any atom is -0.391 e. The zero-order valence-electron chi connectivity index (χ0n) is 14.4. The normalized spacial score (nSPS) is 46.0. The number of alkyl halides is 1. The maximum Gasteiger partial charge on any atom is 0.155 e. The van der Waals surface area contributed by atoms with E-state index in [4.69, 9.17) is 11.6 Å². The third-order valence-corrected chi connectivity index (χ3v) is 8.31. The van der Waals surface area contributed by atoms with E-state index in [1.54, 1.807) is 0 Å². The van der Waals surface area contributed by atoms with E-state index in [2.05, 4.69) is 6.92 Å². The fraction of sp³-hybridized carbons (Fsp3) is 0.800. The molecule has 4 aliphatic carbocycles. The van der Waals surface area contributed by atoms with Crippen LogP contribution in [0.1, 0.15) is 58.3 Å². The van der Waals surface area contributed by atoms with Crippen LogP contribution in [0.5, 0.6) is 0 Å². The van der Waals surface area contributed by atoms with Gasteiger partial charge in [0.15, 0.2) is 5.78 Å². The second-order valence-electron chi connectivity index (χ2n) is 8.68. The first-order valence-corrected chi connectivity index (χ1v) is 9.98. The van der Waals surface area contributed by atoms with Crippen LogP contribution in [0.2, 0.25) is 0 Å². The number of rotatable bonds is 2. The quantitative estimate of drug-likeness (QED) is 0.773. The van der Waals surface area contributed by atoms with Crippen LogP contribution < -0.4 is 0 Å². The summed E-state index contributed by atoms with van der Waals surface area (Å²) in [6.45, 7) is 2.17. The summed E-state index contributed by atoms with van der Waals surface area (Å²) in [5, 5.41) is 10.9. The Hall–Kier alpha value is -0.670. The fourth-order valence-corrected chi connectivity index (χ4v) is 7.08. The highest BCUT2D eigenvalue weighted by atomic mass is 35.5. The average molecular weight is 351 g/mol. The van der Waals surface area contributed by atoms with Gasteiger partial charge in [-0.15, -0.1) is 11.6 Å². The van der Waals surface area contributed by atoms with Crippen molar-refractivity contribution in [3.63, 3.8) is 0 Å². The Morgan fingerprint density at radius 2 is 1.96 bits per heavy atom. The summed E-state index contributed by atoms with van der Waals surface area (Å²) in [5.74, 6) is 2.15. The van der Waals surface area contributed by atoms with Crippen LogP contribution in [0.3, 0.4) is 0 Å². The molecule has 0 aromatic carbocycles. The van der Waals surface area contributed by atoms with Crippen molar-refractivity contribution < 1.29 is 14.7 Å². The molecule has 0 amide bonds. The monoisotopic (exact) mass is 350 g/mol. The largest absolute Gasteiger partial charge is 0.391 e. The lowest BCUT2D eigenvalue weighted by atomic mass is 9.46. The molecule has 4 aliphatic rings. The van der Waals surface area contributed by atoms with Crippen molar-refractivity contribution >= 4 is 23.2 Å². The molecule has 3 saturated carbocycles. The van der Waals surface area contributed by atoms with Crippen molar-refractivity contribution in [1.82, 2.24) is 0 Å². The van der Waals surface area contributed by atoms with Crippen LogP contribution >= 0.6 is 11.6 Å². The Kier molecular flexibility index (Phi) is 3.96. The topological polar surface area (TPSA) is 54.4 Å². The SMILES string of the molecule is C[C@]12CC[C@H]3[C@@H](CCC4=CC(=O)CCC43C(O)CCl)[C@@H]1CCC2=O. The number of aliphatic hydroxyl groups excluding tert-OH is 1. The molecule has 24 heavy (non-hydrogen) atoms. The minimum absolute atomic E-state index is 0.153. The maximum absolute atomic E-state index is 12.5. The van der Waals surface area contributed by atoms with Gasteiger partial charge in [-0.1, -0.05) is 12.5 Å². The Balaban J connectivity index is 1.76. The Morgan fingerprint density at radius 1 is 1.17 bits per heavy atom. The van der Waals surface area contributed by atoms with Gasteiger partial charge in [0.25, 0.3) is 0 Å². The van der Waals surface area contributed by atoms with Gasteiger partial charge in [-0.2, -0.15) is 0 Å². The van der Waals surface area contributed by atoms with Crippen LogP contribution in [0, 0.1) is 28.6 Å². The van der Waals surface area contributed by atoms with Gasteiger partial charge in [-0.25, -0.2) is 0 Å². The molecule has 0 aliphatic heterocycles. The lowest BCUT2D eigenvalue weighted by Gasteiger charge is -2.59. The number of halogens is 1. The van der Waals surface area contributed by atoms with Gasteiger partial charge in [0, 0.05) is 29.6 Å². The molecule has 0 saturated heterocycles. The second-order valence-corrected chi connectivity index (χ2v) is 8.99. The Bertz CT molecular complexity index is 612. The van der Waals surface area contributed by atoms with E-state index < -0.39 is 6.10 Å². The van der Waals surface area contributed by atoms with Gasteiger partial charge < -0.3 is 5.11 Å². The van der Waals surface area contributed by atoms with Crippen molar-refractivity contribution in [2.75, 3.05) is 5.88 Å². The van der Waals surface area contributed by atoms with E-state index in [1.807, 2.05) is 6.08 Å². The zero-order chi connectivity index (χ0) is 17.1. The van der Waals surface area contributed by atoms with Crippen molar-refractivity contribution in [3.05, 3.63) is 11.6 Å². The number of carbonyl (C=O) groups excluding carboxylic acids is 2. The molecule has 4 heteroatoms. The number of hydrogen-bond acceptors (Lipinski definition) is 3. The van der Waals surface area contributed by atoms with E-state index in [1.165, 1.54) is 0 Å². The molecule has 1 N–H and O–H groups in total. The summed E-state index contributed by atoms with van der Waals surface area (Å²) in [6.07, 6.45) is 8.01. The van der Waals surface area contributed by atoms with E-state index in [0.717, 1.165) is 50.5 Å². The molecular weight excluding hydrogens is 324 g/mol. The van der Waals surface area contributed by atoms with Gasteiger partial charge >= 0.3 is 0 Å². The summed E-state index contributed by atoms with van der Waals surface area (Å²) in [6, 6.07) is 0. The third kappa shape index (κ3) is 2.07. The van der Waals surface area contributed by atoms with Crippen molar-refractivity contribution in [3.8, 4) is 0 Å². The lowest BCUT2D eigenvalue weighted by molar-refractivity contribution is -0.136. The standard InChI is InChI=1S/C20H27ClO3/c1-19-8-7-16-14(15(19)4-5-17(19)23)3-2-12-10-13(22)6-9-20(12,16)18(24)11-21/h10,14-16,18,24H,2-9,11H2,1H3/t14-,15-,16-,18?,19-,20?/m0/s1. The highest BCUT2D eigenvalue weighted by Crippen LogP contribution is 2.65. The molecule has 0 radical (unpaired) electrons. The Morgan fingerprint density at radius 3 is 2.71 bits per heavy atom. The van der Waals surface area contributed by atoms with E-state index in [9.17, 15) is 14.7 Å². The number of hydrogen-bond donors (Lipinski definition) is 1. The zero-order valence-corrected chi connectivity index (χ0v) is 15.1. The highest BCUT2D eigenvalue weighted by Gasteiger charge is 2.61. The smallest absolute Gasteiger partial charge is 0.155 e. The molecule has 3 nitrogen and oxygen atoms in total. The van der Waals surface area contributed by atoms with Gasteiger partial charge in [-0.3, -0.25) is 9.59 Å². The fourth-order valence-electron chi connectivity index (χ4n) is 6.81. The lowest BCUT2D eigenvalue weighted by Crippen LogP contribution is -2.56. The van der Waals surface area contributed by atoms with Crippen LogP contribution in [0.25, 0.3) is 0 Å². The van der Waals surface area contributed by atoms with Crippen molar-refractivity contribution in [2.45, 2.75) is 64.4 Å². The molecule has 0 aromatic rings. The minimum atomic E-state index is -0.590. The first-order chi connectivity index (χ1) is 11.4. The van der Waals surface area contributed by atoms with Crippen molar-refractivity contribution in [1.29, 1.82) is 0 Å². The molecule has 2 unspecified atom stereocenters. The van der Waals surface area contributed by atoms with Crippen LogP contribution in [0.4, 0.5) is 0 Å². The average Bonchev–Trinajstić information content (AvgIpc) is 2.89. The number of fused-ring (bicyclic) bond motifs is 5. The summed E-state index contributed by atoms with van der Waals surface area (Å²) < 4.78 is 0. The predicted molar refractivity (Wildman–Crippen MR) is 92.8 cm³/mol. The molecule has 0 aromatic heterocycles. The highest BCUT2D eigenvalue weighted by molar-refractivity contribution is 6.18. The summed E-state index contributed by atoms with van der Waals surface area (Å²) >= 11 is 6.11. The third-order valence-electron chi connectivity index (χ3n) is 8.01. The Labute approximate surface area is 148 Å². The summed E-state index contributed by atoms with van der Waals surface area (Å²) in [4.78, 5) is 24.4. The molecule has 132 valence electrons. The number of aliphatic hydroxyl groups is 1. The number of carbonyl (C=O) groups is 2. The van der Waals surface area contributed by atoms with E-state index in [-0.39, 0.29) is 22.5 Å². The molecule has 3 fully saturated rings. The molecular formula is C20H27ClO3. The molecule has 0 bridgehead atoms. The van der Waals surface area contributed by atoms with E-state index >= 15 is 0 Å².